The Balaban J connectivity index is 1.24. The van der Waals surface area contributed by atoms with Crippen molar-refractivity contribution in [1.82, 2.24) is 24.8 Å². The Bertz CT molecular complexity index is 1610. The van der Waals surface area contributed by atoms with Crippen LogP contribution >= 0.6 is 11.6 Å². The first-order valence-electron chi connectivity index (χ1n) is 13.3. The second-order valence-electron chi connectivity index (χ2n) is 10.5. The zero-order valence-electron chi connectivity index (χ0n) is 21.7. The standard InChI is InChI=1S/C29H30ClFN6O2/c1-17(12-18-13-20(31)4-5-22(18)30)33-23-6-7-32-28(38)26(23)27-34-24-14-19-16-37(11-10-36-8-2-3-9-36)29(39)21(19)15-25(24)35-27/h4-7,13-15,17H,2-3,8-12,16H2,1H3,(H,34,35)(H2,32,33,38)/t17-/m0/s1. The predicted octanol–water partition coefficient (Wildman–Crippen LogP) is 4.81. The number of nitrogens with zero attached hydrogens (tertiary/aromatic N) is 3. The van der Waals surface area contributed by atoms with Gasteiger partial charge in [0.25, 0.3) is 11.5 Å². The maximum absolute atomic E-state index is 13.7. The van der Waals surface area contributed by atoms with E-state index in [0.29, 0.717) is 58.3 Å². The number of hydrogen-bond acceptors (Lipinski definition) is 5. The molecule has 1 atom stereocenters. The van der Waals surface area contributed by atoms with Gasteiger partial charge >= 0.3 is 0 Å². The molecule has 4 heterocycles. The first-order chi connectivity index (χ1) is 18.9. The Kier molecular flexibility index (Phi) is 6.86. The van der Waals surface area contributed by atoms with Crippen LogP contribution in [0.3, 0.4) is 0 Å². The molecule has 1 amide bonds. The van der Waals surface area contributed by atoms with Crippen LogP contribution in [0.2, 0.25) is 5.02 Å². The number of carbonyl (C=O) groups is 1. The number of nitrogens with one attached hydrogen (secondary N) is 3. The summed E-state index contributed by atoms with van der Waals surface area (Å²) in [5.41, 5.74) is 4.37. The van der Waals surface area contributed by atoms with Gasteiger partial charge in [-0.15, -0.1) is 0 Å². The molecule has 202 valence electrons. The van der Waals surface area contributed by atoms with Crippen molar-refractivity contribution in [2.24, 2.45) is 0 Å². The Morgan fingerprint density at radius 3 is 2.77 bits per heavy atom. The summed E-state index contributed by atoms with van der Waals surface area (Å²) >= 11 is 6.26. The molecule has 0 aliphatic carbocycles. The van der Waals surface area contributed by atoms with E-state index in [4.69, 9.17) is 16.6 Å². The Labute approximate surface area is 230 Å². The lowest BCUT2D eigenvalue weighted by Gasteiger charge is -2.20. The number of likely N-dealkylation sites (tertiary alicyclic amines) is 1. The summed E-state index contributed by atoms with van der Waals surface area (Å²) in [5.74, 6) is 0.0913. The van der Waals surface area contributed by atoms with E-state index < -0.39 is 0 Å². The number of amides is 1. The number of aromatic amines is 2. The maximum atomic E-state index is 13.7. The first kappa shape index (κ1) is 25.6. The van der Waals surface area contributed by atoms with Gasteiger partial charge in [-0.1, -0.05) is 11.6 Å². The van der Waals surface area contributed by atoms with Crippen LogP contribution in [-0.4, -0.2) is 62.9 Å². The van der Waals surface area contributed by atoms with Crippen molar-refractivity contribution in [2.45, 2.75) is 38.8 Å². The van der Waals surface area contributed by atoms with Gasteiger partial charge in [-0.05, 0) is 86.8 Å². The smallest absolute Gasteiger partial charge is 0.261 e. The van der Waals surface area contributed by atoms with Crippen LogP contribution in [0.15, 0.2) is 47.4 Å². The van der Waals surface area contributed by atoms with Gasteiger partial charge in [-0.2, -0.15) is 0 Å². The Morgan fingerprint density at radius 1 is 1.13 bits per heavy atom. The molecular weight excluding hydrogens is 519 g/mol. The number of hydrogen-bond donors (Lipinski definition) is 3. The van der Waals surface area contributed by atoms with Crippen LogP contribution in [0.4, 0.5) is 10.1 Å². The summed E-state index contributed by atoms with van der Waals surface area (Å²) in [6.07, 6.45) is 4.50. The minimum absolute atomic E-state index is 0.0281. The summed E-state index contributed by atoms with van der Waals surface area (Å²) < 4.78 is 13.7. The number of anilines is 1. The van der Waals surface area contributed by atoms with Crippen LogP contribution in [0, 0.1) is 5.82 Å². The number of pyridine rings is 1. The molecule has 39 heavy (non-hydrogen) atoms. The van der Waals surface area contributed by atoms with Crippen molar-refractivity contribution < 1.29 is 9.18 Å². The average molecular weight is 549 g/mol. The highest BCUT2D eigenvalue weighted by atomic mass is 35.5. The molecule has 0 spiro atoms. The van der Waals surface area contributed by atoms with Gasteiger partial charge in [0.15, 0.2) is 0 Å². The minimum atomic E-state index is -0.346. The van der Waals surface area contributed by atoms with Crippen molar-refractivity contribution in [3.63, 3.8) is 0 Å². The summed E-state index contributed by atoms with van der Waals surface area (Å²) in [5, 5.41) is 3.85. The number of rotatable bonds is 8. The van der Waals surface area contributed by atoms with Gasteiger partial charge in [-0.25, -0.2) is 9.37 Å². The van der Waals surface area contributed by atoms with Crippen LogP contribution in [0.5, 0.6) is 0 Å². The number of benzene rings is 2. The lowest BCUT2D eigenvalue weighted by Crippen LogP contribution is -2.33. The molecule has 2 aliphatic rings. The average Bonchev–Trinajstić information content (AvgIpc) is 3.63. The number of carbonyl (C=O) groups excluding carboxylic acids is 1. The summed E-state index contributed by atoms with van der Waals surface area (Å²) in [4.78, 5) is 41.1. The van der Waals surface area contributed by atoms with Crippen molar-refractivity contribution in [2.75, 3.05) is 31.5 Å². The Hall–Kier alpha value is -3.69. The number of H-pyrrole nitrogens is 2. The van der Waals surface area contributed by atoms with E-state index in [1.54, 1.807) is 18.3 Å². The van der Waals surface area contributed by atoms with Gasteiger partial charge in [0.1, 0.15) is 17.2 Å². The molecule has 4 aromatic rings. The van der Waals surface area contributed by atoms with Crippen molar-refractivity contribution in [1.29, 1.82) is 0 Å². The molecular formula is C29H30ClFN6O2. The van der Waals surface area contributed by atoms with Crippen molar-refractivity contribution in [3.8, 4) is 11.4 Å². The molecule has 10 heteroatoms. The van der Waals surface area contributed by atoms with Gasteiger partial charge in [0.05, 0.1) is 16.7 Å². The Morgan fingerprint density at radius 2 is 1.95 bits per heavy atom. The number of imidazole rings is 1. The molecule has 0 saturated carbocycles. The van der Waals surface area contributed by atoms with E-state index in [1.807, 2.05) is 24.0 Å². The molecule has 0 bridgehead atoms. The second-order valence-corrected chi connectivity index (χ2v) is 10.9. The molecule has 0 radical (unpaired) electrons. The van der Waals surface area contributed by atoms with E-state index in [1.165, 1.54) is 25.0 Å². The van der Waals surface area contributed by atoms with Crippen molar-refractivity contribution >= 4 is 34.2 Å². The monoisotopic (exact) mass is 548 g/mol. The quantitative estimate of drug-likeness (QED) is 0.294. The van der Waals surface area contributed by atoms with Crippen LogP contribution in [0.25, 0.3) is 22.4 Å². The topological polar surface area (TPSA) is 97.1 Å². The summed E-state index contributed by atoms with van der Waals surface area (Å²) in [6.45, 7) is 6.35. The van der Waals surface area contributed by atoms with Gasteiger partial charge in [0.2, 0.25) is 0 Å². The van der Waals surface area contributed by atoms with E-state index in [9.17, 15) is 14.0 Å². The zero-order chi connectivity index (χ0) is 27.1. The molecule has 6 rings (SSSR count). The fourth-order valence-corrected chi connectivity index (χ4v) is 5.82. The van der Waals surface area contributed by atoms with Gasteiger partial charge < -0.3 is 25.1 Å². The van der Waals surface area contributed by atoms with Crippen LogP contribution in [0.1, 0.15) is 41.3 Å². The molecule has 8 nitrogen and oxygen atoms in total. The highest BCUT2D eigenvalue weighted by molar-refractivity contribution is 6.31. The van der Waals surface area contributed by atoms with E-state index in [-0.39, 0.29) is 23.3 Å². The molecule has 2 aromatic carbocycles. The molecule has 1 fully saturated rings. The fraction of sp³-hybridized carbons (Fsp3) is 0.345. The molecule has 3 N–H and O–H groups in total. The lowest BCUT2D eigenvalue weighted by molar-refractivity contribution is 0.0763. The van der Waals surface area contributed by atoms with Gasteiger partial charge in [-0.3, -0.25) is 9.59 Å². The fourth-order valence-electron chi connectivity index (χ4n) is 5.63. The third kappa shape index (κ3) is 5.16. The van der Waals surface area contributed by atoms with Crippen LogP contribution < -0.4 is 10.9 Å². The van der Waals surface area contributed by atoms with Crippen molar-refractivity contribution in [3.05, 3.63) is 80.5 Å². The number of aromatic nitrogens is 3. The van der Waals surface area contributed by atoms with Gasteiger partial charge in [0, 0.05) is 42.5 Å². The SMILES string of the molecule is C[C@@H](Cc1cc(F)ccc1Cl)Nc1cc[nH]c(=O)c1-c1nc2cc3c(cc2[nH]1)CN(CCN1CCCC1)C3=O. The van der Waals surface area contributed by atoms with Crippen LogP contribution in [-0.2, 0) is 13.0 Å². The number of fused-ring (bicyclic) bond motifs is 2. The molecule has 2 aromatic heterocycles. The highest BCUT2D eigenvalue weighted by Gasteiger charge is 2.29. The second kappa shape index (κ2) is 10.5. The zero-order valence-corrected chi connectivity index (χ0v) is 22.4. The first-order valence-corrected chi connectivity index (χ1v) is 13.7. The maximum Gasteiger partial charge on any atom is 0.261 e. The molecule has 1 saturated heterocycles. The lowest BCUT2D eigenvalue weighted by atomic mass is 10.1. The third-order valence-corrected chi connectivity index (χ3v) is 7.97. The van der Waals surface area contributed by atoms with E-state index >= 15 is 0 Å². The number of halogens is 2. The summed E-state index contributed by atoms with van der Waals surface area (Å²) in [7, 11) is 0. The predicted molar refractivity (Wildman–Crippen MR) is 151 cm³/mol. The van der Waals surface area contributed by atoms with E-state index in [2.05, 4.69) is 20.2 Å². The largest absolute Gasteiger partial charge is 0.381 e. The molecule has 2 aliphatic heterocycles. The molecule has 0 unspecified atom stereocenters. The highest BCUT2D eigenvalue weighted by Crippen LogP contribution is 2.30. The third-order valence-electron chi connectivity index (χ3n) is 7.60. The minimum Gasteiger partial charge on any atom is -0.381 e. The van der Waals surface area contributed by atoms with E-state index in [0.717, 1.165) is 30.7 Å². The summed E-state index contributed by atoms with van der Waals surface area (Å²) in [6, 6.07) is 9.70. The normalized spacial score (nSPS) is 16.3.